The van der Waals surface area contributed by atoms with Gasteiger partial charge in [0.05, 0.1) is 10.5 Å². The monoisotopic (exact) mass is 378 g/mol. The van der Waals surface area contributed by atoms with Crippen LogP contribution in [0.1, 0.15) is 38.1 Å². The van der Waals surface area contributed by atoms with E-state index >= 15 is 0 Å². The smallest absolute Gasteiger partial charge is 0.435 e. The van der Waals surface area contributed by atoms with Crippen LogP contribution < -0.4 is 0 Å². The molecule has 1 amide bonds. The van der Waals surface area contributed by atoms with Crippen molar-refractivity contribution in [1.29, 1.82) is 0 Å². The second-order valence-electron chi connectivity index (χ2n) is 6.97. The lowest BCUT2D eigenvalue weighted by Gasteiger charge is -2.34. The van der Waals surface area contributed by atoms with E-state index in [2.05, 4.69) is 0 Å². The summed E-state index contributed by atoms with van der Waals surface area (Å²) in [4.78, 5) is 40.1. The quantitative estimate of drug-likeness (QED) is 0.342. The Hall–Kier alpha value is -2.94. The number of nitro benzene ring substituents is 1. The Morgan fingerprint density at radius 3 is 2.41 bits per heavy atom. The highest BCUT2D eigenvalue weighted by molar-refractivity contribution is 5.89. The van der Waals surface area contributed by atoms with Crippen LogP contribution in [0.4, 0.5) is 10.5 Å². The third-order valence-corrected chi connectivity index (χ3v) is 3.46. The summed E-state index contributed by atoms with van der Waals surface area (Å²) in [6.07, 6.45) is 2.42. The van der Waals surface area contributed by atoms with Crippen LogP contribution in [0.5, 0.6) is 0 Å². The van der Waals surface area contributed by atoms with E-state index in [0.29, 0.717) is 0 Å². The minimum Gasteiger partial charge on any atom is -0.459 e. The zero-order valence-electron chi connectivity index (χ0n) is 15.6. The first-order valence-corrected chi connectivity index (χ1v) is 8.36. The minimum atomic E-state index is -0.704. The van der Waals surface area contributed by atoms with Gasteiger partial charge in [0, 0.05) is 12.1 Å². The van der Waals surface area contributed by atoms with Crippen LogP contribution in [-0.4, -0.2) is 46.4 Å². The topological polar surface area (TPSA) is 108 Å². The SMILES string of the molecule is C[C@H]1C=C[C@@H](COC(=O)c2ccc([N+](=O)[O-])cc2)N(C(=O)OC(C)(C)C)O1. The molecule has 1 aliphatic heterocycles. The van der Waals surface area contributed by atoms with E-state index in [1.165, 1.54) is 24.3 Å². The van der Waals surface area contributed by atoms with Gasteiger partial charge in [0.2, 0.25) is 0 Å². The Morgan fingerprint density at radius 2 is 1.85 bits per heavy atom. The molecule has 0 spiro atoms. The highest BCUT2D eigenvalue weighted by atomic mass is 16.7. The maximum Gasteiger partial charge on any atom is 0.435 e. The first kappa shape index (κ1) is 20.4. The Bertz CT molecular complexity index is 737. The summed E-state index contributed by atoms with van der Waals surface area (Å²) in [5, 5.41) is 11.7. The van der Waals surface area contributed by atoms with Gasteiger partial charge in [-0.3, -0.25) is 15.0 Å². The van der Waals surface area contributed by atoms with Crippen LogP contribution in [0.2, 0.25) is 0 Å². The normalized spacial score (nSPS) is 19.5. The van der Waals surface area contributed by atoms with Crippen molar-refractivity contribution in [2.24, 2.45) is 0 Å². The van der Waals surface area contributed by atoms with E-state index in [4.69, 9.17) is 14.3 Å². The van der Waals surface area contributed by atoms with Crippen molar-refractivity contribution in [2.75, 3.05) is 6.61 Å². The number of hydroxylamine groups is 2. The van der Waals surface area contributed by atoms with E-state index in [1.54, 1.807) is 39.8 Å². The number of non-ortho nitro benzene ring substituents is 1. The van der Waals surface area contributed by atoms with Gasteiger partial charge in [-0.2, -0.15) is 5.06 Å². The fraction of sp³-hybridized carbons (Fsp3) is 0.444. The summed E-state index contributed by atoms with van der Waals surface area (Å²) in [6, 6.07) is 4.39. The number of hydrogen-bond donors (Lipinski definition) is 0. The minimum absolute atomic E-state index is 0.125. The second kappa shape index (κ2) is 8.17. The predicted octanol–water partition coefficient (Wildman–Crippen LogP) is 3.25. The molecule has 0 saturated heterocycles. The highest BCUT2D eigenvalue weighted by Gasteiger charge is 2.32. The number of rotatable bonds is 4. The molecule has 0 aliphatic carbocycles. The zero-order valence-corrected chi connectivity index (χ0v) is 15.6. The van der Waals surface area contributed by atoms with Gasteiger partial charge in [-0.1, -0.05) is 12.2 Å². The van der Waals surface area contributed by atoms with Gasteiger partial charge < -0.3 is 9.47 Å². The van der Waals surface area contributed by atoms with Crippen molar-refractivity contribution in [3.8, 4) is 0 Å². The van der Waals surface area contributed by atoms with E-state index < -0.39 is 28.6 Å². The first-order valence-electron chi connectivity index (χ1n) is 8.36. The van der Waals surface area contributed by atoms with E-state index in [-0.39, 0.29) is 24.0 Å². The second-order valence-corrected chi connectivity index (χ2v) is 6.97. The average molecular weight is 378 g/mol. The number of amides is 1. The maximum atomic E-state index is 12.3. The predicted molar refractivity (Wildman–Crippen MR) is 94.9 cm³/mol. The molecule has 0 aromatic heterocycles. The summed E-state index contributed by atoms with van der Waals surface area (Å²) < 4.78 is 10.5. The van der Waals surface area contributed by atoms with Gasteiger partial charge in [0.25, 0.3) is 5.69 Å². The zero-order chi connectivity index (χ0) is 20.2. The Kier molecular flexibility index (Phi) is 6.17. The van der Waals surface area contributed by atoms with Crippen LogP contribution in [0.3, 0.4) is 0 Å². The van der Waals surface area contributed by atoms with Gasteiger partial charge in [-0.05, 0) is 39.8 Å². The number of carbonyl (C=O) groups excluding carboxylic acids is 2. The number of esters is 1. The summed E-state index contributed by atoms with van der Waals surface area (Å²) in [5.74, 6) is -0.666. The molecule has 9 heteroatoms. The molecule has 1 heterocycles. The number of nitro groups is 1. The first-order chi connectivity index (χ1) is 12.6. The van der Waals surface area contributed by atoms with Crippen molar-refractivity contribution in [2.45, 2.75) is 45.4 Å². The molecule has 9 nitrogen and oxygen atoms in total. The standard InChI is InChI=1S/C18H22N2O7/c1-12-5-8-15(19(27-12)17(22)26-18(2,3)4)11-25-16(21)13-6-9-14(10-7-13)20(23)24/h5-10,12,15H,11H2,1-4H3/t12-,15-/m0/s1. The summed E-state index contributed by atoms with van der Waals surface area (Å²) in [7, 11) is 0. The summed E-state index contributed by atoms with van der Waals surface area (Å²) in [5.41, 5.74) is -0.663. The Labute approximate surface area is 156 Å². The van der Waals surface area contributed by atoms with E-state index in [1.807, 2.05) is 0 Å². The number of ether oxygens (including phenoxy) is 2. The Morgan fingerprint density at radius 1 is 1.22 bits per heavy atom. The van der Waals surface area contributed by atoms with E-state index in [0.717, 1.165) is 5.06 Å². The van der Waals surface area contributed by atoms with Crippen LogP contribution >= 0.6 is 0 Å². The van der Waals surface area contributed by atoms with Gasteiger partial charge in [0.1, 0.15) is 24.4 Å². The summed E-state index contributed by atoms with van der Waals surface area (Å²) >= 11 is 0. The molecule has 146 valence electrons. The molecule has 0 saturated carbocycles. The van der Waals surface area contributed by atoms with Crippen LogP contribution in [0.25, 0.3) is 0 Å². The molecule has 0 radical (unpaired) electrons. The van der Waals surface area contributed by atoms with Crippen molar-refractivity contribution >= 4 is 17.7 Å². The molecule has 0 unspecified atom stereocenters. The molecule has 0 N–H and O–H groups in total. The molecule has 2 atom stereocenters. The van der Waals surface area contributed by atoms with Crippen molar-refractivity contribution in [3.63, 3.8) is 0 Å². The van der Waals surface area contributed by atoms with Crippen molar-refractivity contribution < 1.29 is 28.8 Å². The van der Waals surface area contributed by atoms with Gasteiger partial charge in [-0.25, -0.2) is 9.59 Å². The van der Waals surface area contributed by atoms with Crippen LogP contribution in [0, 0.1) is 10.1 Å². The third kappa shape index (κ3) is 5.78. The maximum absolute atomic E-state index is 12.3. The molecular formula is C18H22N2O7. The number of nitrogens with zero attached hydrogens (tertiary/aromatic N) is 2. The lowest BCUT2D eigenvalue weighted by Crippen LogP contribution is -2.48. The average Bonchev–Trinajstić information content (AvgIpc) is 2.59. The lowest BCUT2D eigenvalue weighted by atomic mass is 10.2. The third-order valence-electron chi connectivity index (χ3n) is 3.46. The van der Waals surface area contributed by atoms with E-state index in [9.17, 15) is 19.7 Å². The van der Waals surface area contributed by atoms with Crippen molar-refractivity contribution in [3.05, 3.63) is 52.1 Å². The van der Waals surface area contributed by atoms with Gasteiger partial charge in [0.15, 0.2) is 0 Å². The fourth-order valence-electron chi connectivity index (χ4n) is 2.23. The molecule has 1 aliphatic rings. The van der Waals surface area contributed by atoms with Crippen molar-refractivity contribution in [1.82, 2.24) is 5.06 Å². The molecule has 1 aromatic rings. The Balaban J connectivity index is 2.02. The number of carbonyl (C=O) groups is 2. The molecule has 0 fully saturated rings. The molecule has 1 aromatic carbocycles. The number of hydrogen-bond acceptors (Lipinski definition) is 7. The van der Waals surface area contributed by atoms with Gasteiger partial charge in [-0.15, -0.1) is 0 Å². The van der Waals surface area contributed by atoms with Crippen LogP contribution in [0.15, 0.2) is 36.4 Å². The number of benzene rings is 1. The fourth-order valence-corrected chi connectivity index (χ4v) is 2.23. The molecule has 0 bridgehead atoms. The van der Waals surface area contributed by atoms with Gasteiger partial charge >= 0.3 is 12.1 Å². The molecule has 27 heavy (non-hydrogen) atoms. The van der Waals surface area contributed by atoms with Crippen LogP contribution in [-0.2, 0) is 14.3 Å². The lowest BCUT2D eigenvalue weighted by molar-refractivity contribution is -0.384. The molecular weight excluding hydrogens is 356 g/mol. The largest absolute Gasteiger partial charge is 0.459 e. The molecule has 2 rings (SSSR count). The highest BCUT2D eigenvalue weighted by Crippen LogP contribution is 2.19. The summed E-state index contributed by atoms with van der Waals surface area (Å²) in [6.45, 7) is 6.80.